The molecule has 4 heteroatoms. The maximum absolute atomic E-state index is 13.5. The van der Waals surface area contributed by atoms with Crippen molar-refractivity contribution in [2.75, 3.05) is 7.11 Å². The highest BCUT2D eigenvalue weighted by Crippen LogP contribution is 2.40. The van der Waals surface area contributed by atoms with Crippen LogP contribution < -0.4 is 10.5 Å². The molecule has 0 heterocycles. The maximum atomic E-state index is 13.5. The molecule has 0 unspecified atom stereocenters. The Balaban J connectivity index is 2.35. The van der Waals surface area contributed by atoms with Crippen molar-refractivity contribution in [1.29, 1.82) is 0 Å². The summed E-state index contributed by atoms with van der Waals surface area (Å²) in [6.45, 7) is 0. The van der Waals surface area contributed by atoms with Crippen LogP contribution in [0.3, 0.4) is 0 Å². The van der Waals surface area contributed by atoms with Crippen LogP contribution >= 0.6 is 0 Å². The third-order valence-electron chi connectivity index (χ3n) is 2.83. The third kappa shape index (κ3) is 1.90. The number of methoxy groups -OCH3 is 1. The summed E-state index contributed by atoms with van der Waals surface area (Å²) in [5.74, 6) is -0.269. The van der Waals surface area contributed by atoms with Crippen molar-refractivity contribution in [3.63, 3.8) is 0 Å². The Morgan fingerprint density at radius 1 is 1.53 bits per heavy atom. The number of phenolic OH excluding ortho intramolecular Hbond substituents is 1. The first-order valence-corrected chi connectivity index (χ1v) is 4.89. The van der Waals surface area contributed by atoms with Crippen LogP contribution in [0.1, 0.15) is 18.4 Å². The van der Waals surface area contributed by atoms with Gasteiger partial charge in [-0.1, -0.05) is 0 Å². The van der Waals surface area contributed by atoms with Crippen LogP contribution in [0.25, 0.3) is 0 Å². The first-order valence-electron chi connectivity index (χ1n) is 4.89. The highest BCUT2D eigenvalue weighted by molar-refractivity contribution is 5.47. The SMILES string of the molecule is COc1ccc(F)c(CC2(N)CC2)c1O. The first-order chi connectivity index (χ1) is 7.06. The molecule has 15 heavy (non-hydrogen) atoms. The summed E-state index contributed by atoms with van der Waals surface area (Å²) in [5, 5.41) is 9.74. The van der Waals surface area contributed by atoms with E-state index in [1.807, 2.05) is 0 Å². The molecule has 0 bridgehead atoms. The minimum absolute atomic E-state index is 0.130. The zero-order valence-corrected chi connectivity index (χ0v) is 8.59. The fraction of sp³-hybridized carbons (Fsp3) is 0.455. The van der Waals surface area contributed by atoms with Gasteiger partial charge in [-0.15, -0.1) is 0 Å². The molecule has 1 aromatic carbocycles. The van der Waals surface area contributed by atoms with Gasteiger partial charge in [-0.3, -0.25) is 0 Å². The number of hydrogen-bond acceptors (Lipinski definition) is 3. The molecule has 1 aliphatic rings. The number of benzene rings is 1. The molecular weight excluding hydrogens is 197 g/mol. The van der Waals surface area contributed by atoms with Crippen LogP contribution in [0.4, 0.5) is 4.39 Å². The normalized spacial score (nSPS) is 17.5. The van der Waals surface area contributed by atoms with Crippen molar-refractivity contribution in [2.24, 2.45) is 5.73 Å². The zero-order chi connectivity index (χ0) is 11.1. The van der Waals surface area contributed by atoms with Gasteiger partial charge < -0.3 is 15.6 Å². The Morgan fingerprint density at radius 3 is 2.73 bits per heavy atom. The minimum atomic E-state index is -0.426. The standard InChI is InChI=1S/C11H14FNO2/c1-15-9-3-2-8(12)7(10(9)14)6-11(13)4-5-11/h2-3,14H,4-6,13H2,1H3. The van der Waals surface area contributed by atoms with Crippen LogP contribution in [-0.2, 0) is 6.42 Å². The van der Waals surface area contributed by atoms with Gasteiger partial charge in [-0.05, 0) is 31.4 Å². The van der Waals surface area contributed by atoms with Crippen LogP contribution in [0, 0.1) is 5.82 Å². The highest BCUT2D eigenvalue weighted by Gasteiger charge is 2.39. The molecule has 1 saturated carbocycles. The molecule has 0 aliphatic heterocycles. The fourth-order valence-electron chi connectivity index (χ4n) is 1.61. The molecule has 0 atom stereocenters. The van der Waals surface area contributed by atoms with E-state index < -0.39 is 5.82 Å². The summed E-state index contributed by atoms with van der Waals surface area (Å²) < 4.78 is 18.4. The average molecular weight is 211 g/mol. The van der Waals surface area contributed by atoms with Crippen molar-refractivity contribution in [2.45, 2.75) is 24.8 Å². The molecule has 0 amide bonds. The fourth-order valence-corrected chi connectivity index (χ4v) is 1.61. The Hall–Kier alpha value is -1.29. The summed E-state index contributed by atoms with van der Waals surface area (Å²) in [7, 11) is 1.44. The summed E-state index contributed by atoms with van der Waals surface area (Å²) >= 11 is 0. The average Bonchev–Trinajstić information content (AvgIpc) is 2.92. The minimum Gasteiger partial charge on any atom is -0.504 e. The lowest BCUT2D eigenvalue weighted by molar-refractivity contribution is 0.365. The lowest BCUT2D eigenvalue weighted by Crippen LogP contribution is -2.25. The Labute approximate surface area is 87.7 Å². The summed E-state index contributed by atoms with van der Waals surface area (Å²) in [6.07, 6.45) is 2.12. The third-order valence-corrected chi connectivity index (χ3v) is 2.83. The summed E-state index contributed by atoms with van der Waals surface area (Å²) in [4.78, 5) is 0. The molecule has 1 aliphatic carbocycles. The Bertz CT molecular complexity index is 388. The van der Waals surface area contributed by atoms with Crippen molar-refractivity contribution in [3.8, 4) is 11.5 Å². The monoisotopic (exact) mass is 211 g/mol. The van der Waals surface area contributed by atoms with Crippen LogP contribution in [0.5, 0.6) is 11.5 Å². The van der Waals surface area contributed by atoms with E-state index in [2.05, 4.69) is 0 Å². The second-order valence-corrected chi connectivity index (χ2v) is 4.12. The van der Waals surface area contributed by atoms with E-state index in [9.17, 15) is 9.50 Å². The smallest absolute Gasteiger partial charge is 0.163 e. The van der Waals surface area contributed by atoms with Crippen molar-refractivity contribution in [1.82, 2.24) is 0 Å². The number of hydrogen-bond donors (Lipinski definition) is 2. The molecule has 3 nitrogen and oxygen atoms in total. The molecule has 2 rings (SSSR count). The first kappa shape index (κ1) is 10.2. The molecule has 0 radical (unpaired) electrons. The molecular formula is C11H14FNO2. The van der Waals surface area contributed by atoms with Gasteiger partial charge in [0, 0.05) is 11.1 Å². The molecule has 0 saturated heterocycles. The lowest BCUT2D eigenvalue weighted by Gasteiger charge is -2.13. The van der Waals surface area contributed by atoms with Gasteiger partial charge in [0.25, 0.3) is 0 Å². The van der Waals surface area contributed by atoms with Gasteiger partial charge >= 0.3 is 0 Å². The Kier molecular flexibility index (Phi) is 2.31. The lowest BCUT2D eigenvalue weighted by atomic mass is 10.0. The topological polar surface area (TPSA) is 55.5 Å². The predicted molar refractivity (Wildman–Crippen MR) is 54.5 cm³/mol. The van der Waals surface area contributed by atoms with Gasteiger partial charge in [0.15, 0.2) is 11.5 Å². The number of phenols is 1. The molecule has 3 N–H and O–H groups in total. The van der Waals surface area contributed by atoms with E-state index in [-0.39, 0.29) is 22.6 Å². The van der Waals surface area contributed by atoms with Gasteiger partial charge in [0.2, 0.25) is 0 Å². The maximum Gasteiger partial charge on any atom is 0.163 e. The second-order valence-electron chi connectivity index (χ2n) is 4.12. The van der Waals surface area contributed by atoms with Gasteiger partial charge in [-0.2, -0.15) is 0 Å². The Morgan fingerprint density at radius 2 is 2.20 bits per heavy atom. The number of nitrogens with two attached hydrogens (primary N) is 1. The van der Waals surface area contributed by atoms with Gasteiger partial charge in [0.05, 0.1) is 7.11 Å². The van der Waals surface area contributed by atoms with Crippen LogP contribution in [-0.4, -0.2) is 17.8 Å². The quantitative estimate of drug-likeness (QED) is 0.798. The summed E-state index contributed by atoms with van der Waals surface area (Å²) in [6, 6.07) is 2.70. The molecule has 82 valence electrons. The van der Waals surface area contributed by atoms with Crippen molar-refractivity contribution < 1.29 is 14.2 Å². The van der Waals surface area contributed by atoms with Crippen LogP contribution in [0.15, 0.2) is 12.1 Å². The van der Waals surface area contributed by atoms with Gasteiger partial charge in [0.1, 0.15) is 5.82 Å². The number of ether oxygens (including phenoxy) is 1. The van der Waals surface area contributed by atoms with Gasteiger partial charge in [-0.25, -0.2) is 4.39 Å². The van der Waals surface area contributed by atoms with Crippen molar-refractivity contribution >= 4 is 0 Å². The number of rotatable bonds is 3. The van der Waals surface area contributed by atoms with E-state index in [0.29, 0.717) is 6.42 Å². The predicted octanol–water partition coefficient (Wildman–Crippen LogP) is 1.57. The molecule has 1 fully saturated rings. The van der Waals surface area contributed by atoms with E-state index in [1.54, 1.807) is 0 Å². The largest absolute Gasteiger partial charge is 0.504 e. The van der Waals surface area contributed by atoms with Crippen molar-refractivity contribution in [3.05, 3.63) is 23.5 Å². The van der Waals surface area contributed by atoms with E-state index in [1.165, 1.54) is 19.2 Å². The van der Waals surface area contributed by atoms with E-state index in [4.69, 9.17) is 10.5 Å². The number of halogens is 1. The zero-order valence-electron chi connectivity index (χ0n) is 8.59. The van der Waals surface area contributed by atoms with E-state index in [0.717, 1.165) is 12.8 Å². The second kappa shape index (κ2) is 3.38. The molecule has 0 spiro atoms. The summed E-state index contributed by atoms with van der Waals surface area (Å²) in [5.41, 5.74) is 5.82. The van der Waals surface area contributed by atoms with E-state index >= 15 is 0 Å². The van der Waals surface area contributed by atoms with Crippen LogP contribution in [0.2, 0.25) is 0 Å². The molecule has 1 aromatic rings. The molecule has 0 aromatic heterocycles. The highest BCUT2D eigenvalue weighted by atomic mass is 19.1. The number of aromatic hydroxyl groups is 1.